The molecule has 2 heteroatoms. The Morgan fingerprint density at radius 3 is 2.85 bits per heavy atom. The summed E-state index contributed by atoms with van der Waals surface area (Å²) in [6.07, 6.45) is 4.88. The molecule has 13 heavy (non-hydrogen) atoms. The van der Waals surface area contributed by atoms with Gasteiger partial charge in [0.25, 0.3) is 0 Å². The lowest BCUT2D eigenvalue weighted by molar-refractivity contribution is 0.306. The third-order valence-electron chi connectivity index (χ3n) is 2.90. The summed E-state index contributed by atoms with van der Waals surface area (Å²) in [4.78, 5) is 2.48. The van der Waals surface area contributed by atoms with Crippen LogP contribution in [0.3, 0.4) is 0 Å². The number of likely N-dealkylation sites (N-methyl/N-ethyl adjacent to an activating group) is 1. The fourth-order valence-corrected chi connectivity index (χ4v) is 1.72. The predicted octanol–water partition coefficient (Wildman–Crippen LogP) is 1.64. The molecule has 0 aromatic heterocycles. The van der Waals surface area contributed by atoms with Crippen LogP contribution in [0.1, 0.15) is 26.7 Å². The minimum atomic E-state index is 0.624. The third kappa shape index (κ3) is 3.49. The maximum atomic E-state index is 3.28. The summed E-state index contributed by atoms with van der Waals surface area (Å²) in [6, 6.07) is 0.624. The minimum Gasteiger partial charge on any atom is -0.317 e. The fourth-order valence-electron chi connectivity index (χ4n) is 1.72. The minimum absolute atomic E-state index is 0.624. The highest BCUT2D eigenvalue weighted by molar-refractivity contribution is 5.08. The van der Waals surface area contributed by atoms with E-state index in [1.165, 1.54) is 25.9 Å². The summed E-state index contributed by atoms with van der Waals surface area (Å²) < 4.78 is 0. The Kier molecular flexibility index (Phi) is 4.46. The van der Waals surface area contributed by atoms with Crippen LogP contribution in [0.4, 0.5) is 0 Å². The molecule has 1 unspecified atom stereocenters. The molecule has 0 spiro atoms. The summed E-state index contributed by atoms with van der Waals surface area (Å²) in [5.74, 6) is 0. The molecule has 1 N–H and O–H groups in total. The molecule has 0 saturated carbocycles. The molecule has 0 radical (unpaired) electrons. The molecule has 0 amide bonds. The zero-order valence-corrected chi connectivity index (χ0v) is 9.14. The first-order chi connectivity index (χ1) is 6.26. The van der Waals surface area contributed by atoms with Crippen molar-refractivity contribution in [1.82, 2.24) is 10.2 Å². The average molecular weight is 182 g/mol. The van der Waals surface area contributed by atoms with Crippen molar-refractivity contribution in [1.29, 1.82) is 0 Å². The SMILES string of the molecule is CCN1CC=C(CC(C)NC)CC1. The summed E-state index contributed by atoms with van der Waals surface area (Å²) in [6.45, 7) is 8.06. The number of hydrogen-bond acceptors (Lipinski definition) is 2. The van der Waals surface area contributed by atoms with Gasteiger partial charge in [0.1, 0.15) is 0 Å². The summed E-state index contributed by atoms with van der Waals surface area (Å²) in [7, 11) is 2.03. The Bertz CT molecular complexity index is 175. The van der Waals surface area contributed by atoms with Crippen molar-refractivity contribution >= 4 is 0 Å². The normalized spacial score (nSPS) is 21.3. The highest BCUT2D eigenvalue weighted by Gasteiger charge is 2.11. The monoisotopic (exact) mass is 182 g/mol. The van der Waals surface area contributed by atoms with Crippen LogP contribution in [0.2, 0.25) is 0 Å². The quantitative estimate of drug-likeness (QED) is 0.665. The second-order valence-electron chi connectivity index (χ2n) is 3.90. The van der Waals surface area contributed by atoms with E-state index in [2.05, 4.69) is 30.1 Å². The van der Waals surface area contributed by atoms with Crippen LogP contribution in [0.5, 0.6) is 0 Å². The Hall–Kier alpha value is -0.340. The van der Waals surface area contributed by atoms with Gasteiger partial charge in [-0.05, 0) is 33.4 Å². The molecule has 0 bridgehead atoms. The van der Waals surface area contributed by atoms with Crippen LogP contribution in [0.25, 0.3) is 0 Å². The van der Waals surface area contributed by atoms with Gasteiger partial charge < -0.3 is 5.32 Å². The van der Waals surface area contributed by atoms with E-state index >= 15 is 0 Å². The zero-order valence-electron chi connectivity index (χ0n) is 9.14. The molecule has 0 aromatic rings. The van der Waals surface area contributed by atoms with Gasteiger partial charge in [-0.25, -0.2) is 0 Å². The molecule has 1 rings (SSSR count). The maximum Gasteiger partial charge on any atom is 0.0165 e. The van der Waals surface area contributed by atoms with Crippen LogP contribution in [0.15, 0.2) is 11.6 Å². The van der Waals surface area contributed by atoms with Gasteiger partial charge in [0.05, 0.1) is 0 Å². The second kappa shape index (κ2) is 5.40. The van der Waals surface area contributed by atoms with Gasteiger partial charge in [0.15, 0.2) is 0 Å². The lowest BCUT2D eigenvalue weighted by Crippen LogP contribution is -2.30. The van der Waals surface area contributed by atoms with Crippen molar-refractivity contribution in [2.24, 2.45) is 0 Å². The molecule has 1 aliphatic rings. The third-order valence-corrected chi connectivity index (χ3v) is 2.90. The van der Waals surface area contributed by atoms with Gasteiger partial charge in [0.2, 0.25) is 0 Å². The van der Waals surface area contributed by atoms with E-state index in [1.807, 2.05) is 7.05 Å². The Morgan fingerprint density at radius 2 is 2.38 bits per heavy atom. The Morgan fingerprint density at radius 1 is 1.62 bits per heavy atom. The fraction of sp³-hybridized carbons (Fsp3) is 0.818. The molecule has 0 saturated heterocycles. The van der Waals surface area contributed by atoms with Gasteiger partial charge in [0, 0.05) is 19.1 Å². The molecule has 2 nitrogen and oxygen atoms in total. The van der Waals surface area contributed by atoms with Crippen LogP contribution in [-0.4, -0.2) is 37.6 Å². The van der Waals surface area contributed by atoms with Crippen molar-refractivity contribution in [2.75, 3.05) is 26.7 Å². The molecule has 1 aliphatic heterocycles. The highest BCUT2D eigenvalue weighted by Crippen LogP contribution is 2.15. The summed E-state index contributed by atoms with van der Waals surface area (Å²) in [5, 5.41) is 3.28. The van der Waals surface area contributed by atoms with Crippen LogP contribution in [0, 0.1) is 0 Å². The molecule has 0 fully saturated rings. The highest BCUT2D eigenvalue weighted by atomic mass is 15.1. The number of nitrogens with one attached hydrogen (secondary N) is 1. The second-order valence-corrected chi connectivity index (χ2v) is 3.90. The number of hydrogen-bond donors (Lipinski definition) is 1. The van der Waals surface area contributed by atoms with Crippen molar-refractivity contribution in [3.05, 3.63) is 11.6 Å². The van der Waals surface area contributed by atoms with Gasteiger partial charge in [-0.15, -0.1) is 0 Å². The van der Waals surface area contributed by atoms with E-state index in [0.717, 1.165) is 6.54 Å². The van der Waals surface area contributed by atoms with Crippen molar-refractivity contribution < 1.29 is 0 Å². The molecule has 1 atom stereocenters. The predicted molar refractivity (Wildman–Crippen MR) is 58.0 cm³/mol. The number of nitrogens with zero attached hydrogens (tertiary/aromatic N) is 1. The Balaban J connectivity index is 2.33. The van der Waals surface area contributed by atoms with Crippen LogP contribution >= 0.6 is 0 Å². The van der Waals surface area contributed by atoms with E-state index in [1.54, 1.807) is 5.57 Å². The van der Waals surface area contributed by atoms with Crippen molar-refractivity contribution in [3.63, 3.8) is 0 Å². The van der Waals surface area contributed by atoms with Crippen molar-refractivity contribution in [2.45, 2.75) is 32.7 Å². The smallest absolute Gasteiger partial charge is 0.0165 e. The van der Waals surface area contributed by atoms with Gasteiger partial charge in [-0.1, -0.05) is 18.6 Å². The van der Waals surface area contributed by atoms with Crippen molar-refractivity contribution in [3.8, 4) is 0 Å². The topological polar surface area (TPSA) is 15.3 Å². The lowest BCUT2D eigenvalue weighted by Gasteiger charge is -2.25. The molecule has 1 heterocycles. The first-order valence-electron chi connectivity index (χ1n) is 5.33. The molecule has 0 aromatic carbocycles. The van der Waals surface area contributed by atoms with Crippen LogP contribution in [-0.2, 0) is 0 Å². The van der Waals surface area contributed by atoms with E-state index < -0.39 is 0 Å². The molecular weight excluding hydrogens is 160 g/mol. The zero-order chi connectivity index (χ0) is 9.68. The van der Waals surface area contributed by atoms with Crippen LogP contribution < -0.4 is 5.32 Å². The van der Waals surface area contributed by atoms with E-state index in [-0.39, 0.29) is 0 Å². The van der Waals surface area contributed by atoms with E-state index in [0.29, 0.717) is 6.04 Å². The Labute approximate surface area is 82.0 Å². The number of rotatable bonds is 4. The van der Waals surface area contributed by atoms with Gasteiger partial charge >= 0.3 is 0 Å². The van der Waals surface area contributed by atoms with E-state index in [9.17, 15) is 0 Å². The largest absolute Gasteiger partial charge is 0.317 e. The summed E-state index contributed by atoms with van der Waals surface area (Å²) in [5.41, 5.74) is 1.63. The molecular formula is C11H22N2. The van der Waals surface area contributed by atoms with E-state index in [4.69, 9.17) is 0 Å². The average Bonchev–Trinajstić information content (AvgIpc) is 2.19. The molecule has 0 aliphatic carbocycles. The van der Waals surface area contributed by atoms with Gasteiger partial charge in [-0.2, -0.15) is 0 Å². The summed E-state index contributed by atoms with van der Waals surface area (Å²) >= 11 is 0. The standard InChI is InChI=1S/C11H22N2/c1-4-13-7-5-11(6-8-13)9-10(2)12-3/h5,10,12H,4,6-9H2,1-3H3. The molecule has 76 valence electrons. The maximum absolute atomic E-state index is 3.28. The first kappa shape index (κ1) is 10.7. The lowest BCUT2D eigenvalue weighted by atomic mass is 10.0. The van der Waals surface area contributed by atoms with Gasteiger partial charge in [-0.3, -0.25) is 4.90 Å². The first-order valence-corrected chi connectivity index (χ1v) is 5.33.